The molecule has 23 heavy (non-hydrogen) atoms. The van der Waals surface area contributed by atoms with E-state index in [0.29, 0.717) is 13.1 Å². The van der Waals surface area contributed by atoms with Gasteiger partial charge in [-0.2, -0.15) is 0 Å². The molecule has 1 N–H and O–H groups in total. The Kier molecular flexibility index (Phi) is 6.81. The summed E-state index contributed by atoms with van der Waals surface area (Å²) in [5, 5.41) is 11.9. The van der Waals surface area contributed by atoms with Gasteiger partial charge in [-0.15, -0.1) is 17.9 Å². The van der Waals surface area contributed by atoms with Crippen molar-refractivity contribution in [2.75, 3.05) is 19.6 Å². The molecule has 1 aliphatic rings. The van der Waals surface area contributed by atoms with E-state index in [1.807, 2.05) is 30.2 Å². The van der Waals surface area contributed by atoms with Crippen molar-refractivity contribution >= 4 is 17.2 Å². The number of hydrogen-bond acceptors (Lipinski definition) is 4. The van der Waals surface area contributed by atoms with E-state index in [9.17, 15) is 9.90 Å². The zero-order chi connectivity index (χ0) is 16.8. The summed E-state index contributed by atoms with van der Waals surface area (Å²) in [6, 6.07) is 3.91. The first-order valence-electron chi connectivity index (χ1n) is 8.37. The van der Waals surface area contributed by atoms with Gasteiger partial charge in [0.1, 0.15) is 0 Å². The lowest BCUT2D eigenvalue weighted by molar-refractivity contribution is -0.137. The Bertz CT molecular complexity index is 501. The van der Waals surface area contributed by atoms with Crippen LogP contribution >= 0.6 is 11.3 Å². The molecule has 3 unspecified atom stereocenters. The number of likely N-dealkylation sites (tertiary alicyclic amines) is 1. The fourth-order valence-electron chi connectivity index (χ4n) is 3.19. The highest BCUT2D eigenvalue weighted by Gasteiger charge is 2.31. The molecule has 1 aliphatic heterocycles. The fraction of sp³-hybridized carbons (Fsp3) is 0.611. The molecule has 4 nitrogen and oxygen atoms in total. The number of aliphatic hydroxyl groups excluding tert-OH is 1. The van der Waals surface area contributed by atoms with Gasteiger partial charge in [0.25, 0.3) is 0 Å². The Hall–Kier alpha value is -1.17. The molecule has 0 aliphatic carbocycles. The van der Waals surface area contributed by atoms with Crippen LogP contribution < -0.4 is 0 Å². The number of nitrogens with zero attached hydrogens (tertiary/aromatic N) is 2. The Morgan fingerprint density at radius 1 is 1.61 bits per heavy atom. The summed E-state index contributed by atoms with van der Waals surface area (Å²) in [6.45, 7) is 10.5. The average molecular weight is 337 g/mol. The van der Waals surface area contributed by atoms with Gasteiger partial charge < -0.3 is 10.0 Å². The van der Waals surface area contributed by atoms with Gasteiger partial charge in [-0.1, -0.05) is 12.1 Å². The Morgan fingerprint density at radius 2 is 2.39 bits per heavy atom. The molecule has 2 rings (SSSR count). The number of aliphatic hydroxyl groups is 1. The lowest BCUT2D eigenvalue weighted by Gasteiger charge is -2.38. The molecule has 5 heteroatoms. The van der Waals surface area contributed by atoms with Crippen molar-refractivity contribution in [2.45, 2.75) is 45.4 Å². The van der Waals surface area contributed by atoms with Gasteiger partial charge in [0.05, 0.1) is 18.7 Å². The number of amides is 1. The molecule has 2 heterocycles. The summed E-state index contributed by atoms with van der Waals surface area (Å²) in [5.41, 5.74) is 0. The van der Waals surface area contributed by atoms with E-state index in [1.165, 1.54) is 4.88 Å². The summed E-state index contributed by atoms with van der Waals surface area (Å²) in [4.78, 5) is 18.2. The van der Waals surface area contributed by atoms with E-state index < -0.39 is 0 Å². The lowest BCUT2D eigenvalue weighted by atomic mass is 9.92. The first-order chi connectivity index (χ1) is 11.0. The molecule has 1 amide bonds. The molecule has 0 bridgehead atoms. The maximum atomic E-state index is 12.9. The monoisotopic (exact) mass is 336 g/mol. The van der Waals surface area contributed by atoms with Crippen LogP contribution in [0.15, 0.2) is 30.2 Å². The average Bonchev–Trinajstić information content (AvgIpc) is 3.06. The highest BCUT2D eigenvalue weighted by atomic mass is 32.1. The third-order valence-corrected chi connectivity index (χ3v) is 5.53. The van der Waals surface area contributed by atoms with Crippen LogP contribution in [0, 0.1) is 5.92 Å². The summed E-state index contributed by atoms with van der Waals surface area (Å²) >= 11 is 1.67. The number of carbonyl (C=O) groups is 1. The molecule has 1 fully saturated rings. The van der Waals surface area contributed by atoms with Gasteiger partial charge in [-0.25, -0.2) is 0 Å². The standard InChI is InChI=1S/C18H28N2O2S/c1-4-9-20(13-17-8-6-11-23-17)18(22)14(2)19-10-5-7-16(12-19)15(3)21/h4,6,8,11,14-16,21H,1,5,7,9-10,12-13H2,2-3H3. The first kappa shape index (κ1) is 18.2. The van der Waals surface area contributed by atoms with Crippen molar-refractivity contribution in [3.05, 3.63) is 35.0 Å². The maximum Gasteiger partial charge on any atom is 0.240 e. The predicted molar refractivity (Wildman–Crippen MR) is 95.4 cm³/mol. The van der Waals surface area contributed by atoms with Crippen LogP contribution in [0.25, 0.3) is 0 Å². The molecule has 3 atom stereocenters. The maximum absolute atomic E-state index is 12.9. The van der Waals surface area contributed by atoms with Gasteiger partial charge in [0.2, 0.25) is 5.91 Å². The van der Waals surface area contributed by atoms with Crippen LogP contribution in [0.2, 0.25) is 0 Å². The molecule has 128 valence electrons. The highest BCUT2D eigenvalue weighted by Crippen LogP contribution is 2.22. The number of carbonyl (C=O) groups excluding carboxylic acids is 1. The van der Waals surface area contributed by atoms with Crippen LogP contribution in [-0.2, 0) is 11.3 Å². The number of thiophene rings is 1. The van der Waals surface area contributed by atoms with E-state index in [1.54, 1.807) is 17.4 Å². The molecular weight excluding hydrogens is 308 g/mol. The second kappa shape index (κ2) is 8.62. The number of piperidine rings is 1. The summed E-state index contributed by atoms with van der Waals surface area (Å²) < 4.78 is 0. The summed E-state index contributed by atoms with van der Waals surface area (Å²) in [6.07, 6.45) is 3.56. The lowest BCUT2D eigenvalue weighted by Crippen LogP contribution is -2.51. The summed E-state index contributed by atoms with van der Waals surface area (Å²) in [7, 11) is 0. The second-order valence-electron chi connectivity index (χ2n) is 6.40. The van der Waals surface area contributed by atoms with Crippen LogP contribution in [0.3, 0.4) is 0 Å². The molecule has 0 aromatic carbocycles. The number of hydrogen-bond donors (Lipinski definition) is 1. The van der Waals surface area contributed by atoms with Gasteiger partial charge in [-0.05, 0) is 50.6 Å². The third kappa shape index (κ3) is 4.90. The third-order valence-electron chi connectivity index (χ3n) is 4.66. The topological polar surface area (TPSA) is 43.8 Å². The van der Waals surface area contributed by atoms with E-state index in [4.69, 9.17) is 0 Å². The van der Waals surface area contributed by atoms with E-state index in [-0.39, 0.29) is 24.0 Å². The largest absolute Gasteiger partial charge is 0.393 e. The molecule has 1 aromatic rings. The van der Waals surface area contributed by atoms with Gasteiger partial charge in [0.15, 0.2) is 0 Å². The van der Waals surface area contributed by atoms with Gasteiger partial charge in [0, 0.05) is 18.0 Å². The predicted octanol–water partition coefficient (Wildman–Crippen LogP) is 2.74. The minimum absolute atomic E-state index is 0.143. The minimum Gasteiger partial charge on any atom is -0.393 e. The molecule has 0 spiro atoms. The smallest absolute Gasteiger partial charge is 0.240 e. The van der Waals surface area contributed by atoms with Crippen LogP contribution in [0.4, 0.5) is 0 Å². The quantitative estimate of drug-likeness (QED) is 0.779. The van der Waals surface area contributed by atoms with E-state index in [0.717, 1.165) is 25.9 Å². The van der Waals surface area contributed by atoms with Gasteiger partial charge >= 0.3 is 0 Å². The zero-order valence-electron chi connectivity index (χ0n) is 14.1. The van der Waals surface area contributed by atoms with Crippen molar-refractivity contribution in [2.24, 2.45) is 5.92 Å². The number of rotatable bonds is 7. The molecule has 1 aromatic heterocycles. The Balaban J connectivity index is 2.01. The SMILES string of the molecule is C=CCN(Cc1cccs1)C(=O)C(C)N1CCCC(C(C)O)C1. The Morgan fingerprint density at radius 3 is 3.00 bits per heavy atom. The molecule has 1 saturated heterocycles. The molecular formula is C18H28N2O2S. The van der Waals surface area contributed by atoms with E-state index in [2.05, 4.69) is 17.5 Å². The van der Waals surface area contributed by atoms with Crippen molar-refractivity contribution in [3.63, 3.8) is 0 Å². The van der Waals surface area contributed by atoms with Crippen molar-refractivity contribution in [1.29, 1.82) is 0 Å². The Labute approximate surface area is 143 Å². The van der Waals surface area contributed by atoms with Crippen LogP contribution in [0.1, 0.15) is 31.6 Å². The van der Waals surface area contributed by atoms with Crippen molar-refractivity contribution in [1.82, 2.24) is 9.80 Å². The van der Waals surface area contributed by atoms with E-state index >= 15 is 0 Å². The van der Waals surface area contributed by atoms with Crippen molar-refractivity contribution < 1.29 is 9.90 Å². The molecule has 0 saturated carbocycles. The molecule has 0 radical (unpaired) electrons. The van der Waals surface area contributed by atoms with Crippen LogP contribution in [-0.4, -0.2) is 52.6 Å². The fourth-order valence-corrected chi connectivity index (χ4v) is 3.90. The normalized spacial score (nSPS) is 21.6. The first-order valence-corrected chi connectivity index (χ1v) is 9.25. The second-order valence-corrected chi connectivity index (χ2v) is 7.43. The van der Waals surface area contributed by atoms with Gasteiger partial charge in [-0.3, -0.25) is 9.69 Å². The highest BCUT2D eigenvalue weighted by molar-refractivity contribution is 7.09. The zero-order valence-corrected chi connectivity index (χ0v) is 15.0. The van der Waals surface area contributed by atoms with Crippen molar-refractivity contribution in [3.8, 4) is 0 Å². The minimum atomic E-state index is -0.310. The summed E-state index contributed by atoms with van der Waals surface area (Å²) in [5.74, 6) is 0.411. The van der Waals surface area contributed by atoms with Crippen LogP contribution in [0.5, 0.6) is 0 Å².